The minimum Gasteiger partial charge on any atom is -0.352 e. The summed E-state index contributed by atoms with van der Waals surface area (Å²) in [5.41, 5.74) is 1.82. The molecule has 182 valence electrons. The third-order valence-corrected chi connectivity index (χ3v) is 7.97. The zero-order valence-corrected chi connectivity index (χ0v) is 20.8. The molecule has 0 radical (unpaired) electrons. The molecule has 2 aromatic rings. The summed E-state index contributed by atoms with van der Waals surface area (Å²) >= 11 is 0. The fourth-order valence-corrected chi connectivity index (χ4v) is 5.45. The van der Waals surface area contributed by atoms with Crippen molar-refractivity contribution in [2.75, 3.05) is 6.54 Å². The van der Waals surface area contributed by atoms with E-state index in [2.05, 4.69) is 5.32 Å². The van der Waals surface area contributed by atoms with Gasteiger partial charge in [0.2, 0.25) is 11.8 Å². The molecule has 1 N–H and O–H groups in total. The Balaban J connectivity index is 1.94. The quantitative estimate of drug-likeness (QED) is 0.588. The normalized spacial score (nSPS) is 16.0. The molecule has 1 aliphatic rings. The van der Waals surface area contributed by atoms with Crippen molar-refractivity contribution in [1.29, 1.82) is 0 Å². The van der Waals surface area contributed by atoms with Gasteiger partial charge in [-0.1, -0.05) is 50.2 Å². The van der Waals surface area contributed by atoms with Crippen LogP contribution >= 0.6 is 0 Å². The molecule has 1 heterocycles. The van der Waals surface area contributed by atoms with Gasteiger partial charge in [0.1, 0.15) is 17.5 Å². The van der Waals surface area contributed by atoms with E-state index < -0.39 is 34.4 Å². The van der Waals surface area contributed by atoms with Crippen molar-refractivity contribution in [1.82, 2.24) is 14.5 Å². The summed E-state index contributed by atoms with van der Waals surface area (Å²) in [4.78, 5) is 40.7. The van der Waals surface area contributed by atoms with Gasteiger partial charge in [0.15, 0.2) is 0 Å². The lowest BCUT2D eigenvalue weighted by molar-refractivity contribution is -0.141. The highest BCUT2D eigenvalue weighted by Crippen LogP contribution is 2.30. The number of carbonyl (C=O) groups excluding carboxylic acids is 3. The molecule has 0 spiro atoms. The van der Waals surface area contributed by atoms with E-state index in [1.54, 1.807) is 13.0 Å². The van der Waals surface area contributed by atoms with Crippen LogP contribution in [0.25, 0.3) is 0 Å². The van der Waals surface area contributed by atoms with E-state index in [1.165, 1.54) is 23.1 Å². The van der Waals surface area contributed by atoms with Crippen LogP contribution in [0.5, 0.6) is 0 Å². The molecule has 9 heteroatoms. The van der Waals surface area contributed by atoms with Gasteiger partial charge in [0.25, 0.3) is 15.9 Å². The van der Waals surface area contributed by atoms with E-state index in [1.807, 2.05) is 45.0 Å². The number of fused-ring (bicyclic) bond motifs is 1. The van der Waals surface area contributed by atoms with Gasteiger partial charge >= 0.3 is 0 Å². The zero-order chi connectivity index (χ0) is 25.0. The predicted molar refractivity (Wildman–Crippen MR) is 128 cm³/mol. The fraction of sp³-hybridized carbons (Fsp3) is 0.400. The maximum absolute atomic E-state index is 13.5. The first kappa shape index (κ1) is 25.4. The molecule has 3 amide bonds. The molecule has 34 heavy (non-hydrogen) atoms. The number of hydrogen-bond donors (Lipinski definition) is 1. The third kappa shape index (κ3) is 4.99. The van der Waals surface area contributed by atoms with Gasteiger partial charge in [-0.2, -0.15) is 0 Å². The number of aryl methyl sites for hydroxylation is 1. The summed E-state index contributed by atoms with van der Waals surface area (Å²) in [5, 5.41) is 2.92. The molecule has 0 saturated carbocycles. The van der Waals surface area contributed by atoms with Crippen LogP contribution in [-0.4, -0.2) is 54.0 Å². The Morgan fingerprint density at radius 1 is 1.03 bits per heavy atom. The van der Waals surface area contributed by atoms with Crippen LogP contribution in [0.15, 0.2) is 53.4 Å². The molecule has 2 aromatic carbocycles. The van der Waals surface area contributed by atoms with E-state index in [9.17, 15) is 22.8 Å². The Bertz CT molecular complexity index is 1190. The van der Waals surface area contributed by atoms with Gasteiger partial charge in [-0.25, -0.2) is 12.7 Å². The monoisotopic (exact) mass is 485 g/mol. The van der Waals surface area contributed by atoms with Gasteiger partial charge in [-0.3, -0.25) is 14.4 Å². The van der Waals surface area contributed by atoms with Crippen LogP contribution in [0, 0.1) is 6.92 Å². The van der Waals surface area contributed by atoms with Crippen LogP contribution in [0.1, 0.15) is 55.1 Å². The van der Waals surface area contributed by atoms with Crippen LogP contribution in [-0.2, 0) is 26.2 Å². The average Bonchev–Trinajstić information content (AvgIpc) is 3.00. The fourth-order valence-electron chi connectivity index (χ4n) is 3.93. The Morgan fingerprint density at radius 3 is 2.29 bits per heavy atom. The van der Waals surface area contributed by atoms with E-state index in [0.29, 0.717) is 10.7 Å². The number of sulfonamides is 1. The van der Waals surface area contributed by atoms with Crippen molar-refractivity contribution in [3.8, 4) is 0 Å². The first-order valence-electron chi connectivity index (χ1n) is 11.4. The summed E-state index contributed by atoms with van der Waals surface area (Å²) in [7, 11) is -4.15. The lowest BCUT2D eigenvalue weighted by Crippen LogP contribution is -2.53. The molecule has 1 aliphatic heterocycles. The molecule has 0 saturated heterocycles. The van der Waals surface area contributed by atoms with Gasteiger partial charge in [-0.15, -0.1) is 0 Å². The summed E-state index contributed by atoms with van der Waals surface area (Å²) in [6.07, 6.45) is 1.06. The number of nitrogens with one attached hydrogen (secondary N) is 1. The van der Waals surface area contributed by atoms with Crippen LogP contribution in [0.4, 0.5) is 0 Å². The Morgan fingerprint density at radius 2 is 1.68 bits per heavy atom. The lowest BCUT2D eigenvalue weighted by atomic mass is 10.1. The Labute approximate surface area is 201 Å². The van der Waals surface area contributed by atoms with Gasteiger partial charge < -0.3 is 10.2 Å². The second-order valence-electron chi connectivity index (χ2n) is 8.50. The molecular formula is C25H31N3O5S. The number of benzene rings is 2. The second kappa shape index (κ2) is 10.4. The summed E-state index contributed by atoms with van der Waals surface area (Å²) in [6.45, 7) is 6.98. The standard InChI is InChI=1S/C25H31N3O5S/c1-5-18(4)26-24(30)21(6-2)27(15-19-12-8-7-11-17(19)3)23(29)16-28-25(31)20-13-9-10-14-22(20)34(28,32)33/h7-14,18,21H,5-6,15-16H2,1-4H3,(H,26,30)/t18-,21-/m0/s1. The minimum absolute atomic E-state index is 0.0438. The number of rotatable bonds is 9. The number of carbonyl (C=O) groups is 3. The second-order valence-corrected chi connectivity index (χ2v) is 10.3. The predicted octanol–water partition coefficient (Wildman–Crippen LogP) is 2.86. The molecule has 0 aliphatic carbocycles. The summed E-state index contributed by atoms with van der Waals surface area (Å²) < 4.78 is 26.6. The molecule has 0 unspecified atom stereocenters. The topological polar surface area (TPSA) is 104 Å². The molecule has 0 fully saturated rings. The smallest absolute Gasteiger partial charge is 0.269 e. The first-order valence-corrected chi connectivity index (χ1v) is 12.9. The highest BCUT2D eigenvalue weighted by Gasteiger charge is 2.43. The maximum atomic E-state index is 13.5. The molecule has 2 atom stereocenters. The molecule has 0 aromatic heterocycles. The van der Waals surface area contributed by atoms with Crippen molar-refractivity contribution in [3.05, 3.63) is 65.2 Å². The average molecular weight is 486 g/mol. The molecule has 0 bridgehead atoms. The number of nitrogens with zero attached hydrogens (tertiary/aromatic N) is 2. The molecule has 3 rings (SSSR count). The van der Waals surface area contributed by atoms with E-state index in [4.69, 9.17) is 0 Å². The largest absolute Gasteiger partial charge is 0.352 e. The van der Waals surface area contributed by atoms with Crippen molar-refractivity contribution in [3.63, 3.8) is 0 Å². The number of amides is 3. The van der Waals surface area contributed by atoms with Crippen molar-refractivity contribution in [2.45, 2.75) is 64.1 Å². The summed E-state index contributed by atoms with van der Waals surface area (Å²) in [5.74, 6) is -1.66. The maximum Gasteiger partial charge on any atom is 0.269 e. The highest BCUT2D eigenvalue weighted by molar-refractivity contribution is 7.90. The first-order chi connectivity index (χ1) is 16.1. The van der Waals surface area contributed by atoms with Gasteiger partial charge in [-0.05, 0) is 49.9 Å². The van der Waals surface area contributed by atoms with Gasteiger partial charge in [0, 0.05) is 12.6 Å². The van der Waals surface area contributed by atoms with Gasteiger partial charge in [0.05, 0.1) is 5.56 Å². The molecular weight excluding hydrogens is 454 g/mol. The van der Waals surface area contributed by atoms with E-state index >= 15 is 0 Å². The number of hydrogen-bond acceptors (Lipinski definition) is 5. The zero-order valence-electron chi connectivity index (χ0n) is 19.9. The highest BCUT2D eigenvalue weighted by atomic mass is 32.2. The van der Waals surface area contributed by atoms with Crippen molar-refractivity contribution in [2.24, 2.45) is 0 Å². The Hall–Kier alpha value is -3.20. The SMILES string of the molecule is CC[C@H](C)NC(=O)[C@H](CC)N(Cc1ccccc1C)C(=O)CN1C(=O)c2ccccc2S1(=O)=O. The summed E-state index contributed by atoms with van der Waals surface area (Å²) in [6, 6.07) is 12.5. The minimum atomic E-state index is -4.15. The van der Waals surface area contributed by atoms with Crippen LogP contribution < -0.4 is 5.32 Å². The Kier molecular flexibility index (Phi) is 7.76. The molecule has 8 nitrogen and oxygen atoms in total. The van der Waals surface area contributed by atoms with Crippen LogP contribution in [0.3, 0.4) is 0 Å². The van der Waals surface area contributed by atoms with E-state index in [0.717, 1.165) is 17.5 Å². The van der Waals surface area contributed by atoms with Crippen molar-refractivity contribution >= 4 is 27.7 Å². The van der Waals surface area contributed by atoms with Crippen LogP contribution in [0.2, 0.25) is 0 Å². The van der Waals surface area contributed by atoms with Crippen molar-refractivity contribution < 1.29 is 22.8 Å². The lowest BCUT2D eigenvalue weighted by Gasteiger charge is -2.32. The third-order valence-electron chi connectivity index (χ3n) is 6.18. The van der Waals surface area contributed by atoms with E-state index in [-0.39, 0.29) is 29.0 Å².